The number of fused-ring (bicyclic) bond motifs is 1. The standard InChI is InChI=1S/C22H21N3O2/c26-22(11-10-17-6-2-1-3-7-17)25-14-12-18(13-15-25)27-21-16-23-19-8-4-5-9-20(19)24-21/h1-11,16,18H,12-15H2. The molecule has 1 fully saturated rings. The van der Waals surface area contributed by atoms with Crippen molar-refractivity contribution >= 4 is 23.0 Å². The average molecular weight is 359 g/mol. The summed E-state index contributed by atoms with van der Waals surface area (Å²) >= 11 is 0. The highest BCUT2D eigenvalue weighted by molar-refractivity contribution is 5.91. The van der Waals surface area contributed by atoms with E-state index in [0.29, 0.717) is 19.0 Å². The van der Waals surface area contributed by atoms with E-state index in [1.165, 1.54) is 0 Å². The van der Waals surface area contributed by atoms with Crippen LogP contribution in [0.2, 0.25) is 0 Å². The van der Waals surface area contributed by atoms with E-state index in [0.717, 1.165) is 29.4 Å². The molecule has 27 heavy (non-hydrogen) atoms. The van der Waals surface area contributed by atoms with Crippen LogP contribution in [-0.2, 0) is 4.79 Å². The molecule has 0 bridgehead atoms. The minimum Gasteiger partial charge on any atom is -0.473 e. The average Bonchev–Trinajstić information content (AvgIpc) is 2.73. The van der Waals surface area contributed by atoms with Crippen LogP contribution in [-0.4, -0.2) is 40.0 Å². The Morgan fingerprint density at radius 1 is 1.00 bits per heavy atom. The molecule has 0 N–H and O–H groups in total. The molecule has 1 saturated heterocycles. The van der Waals surface area contributed by atoms with Crippen molar-refractivity contribution < 1.29 is 9.53 Å². The van der Waals surface area contributed by atoms with E-state index in [-0.39, 0.29) is 12.0 Å². The Hall–Kier alpha value is -3.21. The summed E-state index contributed by atoms with van der Waals surface area (Å²) in [6.45, 7) is 1.37. The second kappa shape index (κ2) is 7.99. The van der Waals surface area contributed by atoms with E-state index in [4.69, 9.17) is 4.74 Å². The number of hydrogen-bond acceptors (Lipinski definition) is 4. The Morgan fingerprint density at radius 3 is 2.48 bits per heavy atom. The van der Waals surface area contributed by atoms with Crippen LogP contribution in [0, 0.1) is 0 Å². The number of likely N-dealkylation sites (tertiary alicyclic amines) is 1. The molecule has 0 radical (unpaired) electrons. The molecule has 1 aliphatic rings. The molecule has 0 saturated carbocycles. The monoisotopic (exact) mass is 359 g/mol. The summed E-state index contributed by atoms with van der Waals surface area (Å²) in [6.07, 6.45) is 6.81. The molecule has 4 rings (SSSR count). The molecule has 5 nitrogen and oxygen atoms in total. The summed E-state index contributed by atoms with van der Waals surface area (Å²) in [5, 5.41) is 0. The van der Waals surface area contributed by atoms with Gasteiger partial charge in [0.1, 0.15) is 6.10 Å². The SMILES string of the molecule is O=C(C=Cc1ccccc1)N1CCC(Oc2cnc3ccccc3n2)CC1. The van der Waals surface area contributed by atoms with Gasteiger partial charge in [-0.05, 0) is 23.8 Å². The third kappa shape index (κ3) is 4.31. The molecule has 1 aromatic heterocycles. The molecular formula is C22H21N3O2. The van der Waals surface area contributed by atoms with Crippen LogP contribution in [0.25, 0.3) is 17.1 Å². The maximum atomic E-state index is 12.4. The largest absolute Gasteiger partial charge is 0.473 e. The summed E-state index contributed by atoms with van der Waals surface area (Å²) in [5.74, 6) is 0.588. The Labute approximate surface area is 158 Å². The summed E-state index contributed by atoms with van der Waals surface area (Å²) < 4.78 is 5.99. The maximum Gasteiger partial charge on any atom is 0.246 e. The predicted octanol–water partition coefficient (Wildman–Crippen LogP) is 3.71. The van der Waals surface area contributed by atoms with E-state index in [2.05, 4.69) is 9.97 Å². The number of para-hydroxylation sites is 2. The van der Waals surface area contributed by atoms with Crippen molar-refractivity contribution in [1.82, 2.24) is 14.9 Å². The highest BCUT2D eigenvalue weighted by Gasteiger charge is 2.23. The van der Waals surface area contributed by atoms with Crippen molar-refractivity contribution in [3.05, 3.63) is 72.4 Å². The van der Waals surface area contributed by atoms with Gasteiger partial charge >= 0.3 is 0 Å². The van der Waals surface area contributed by atoms with Gasteiger partial charge in [-0.15, -0.1) is 0 Å². The molecule has 2 heterocycles. The van der Waals surface area contributed by atoms with Crippen molar-refractivity contribution in [3.8, 4) is 5.88 Å². The van der Waals surface area contributed by atoms with Gasteiger partial charge in [-0.25, -0.2) is 9.97 Å². The maximum absolute atomic E-state index is 12.4. The van der Waals surface area contributed by atoms with Gasteiger partial charge in [-0.3, -0.25) is 4.79 Å². The molecule has 136 valence electrons. The van der Waals surface area contributed by atoms with Gasteiger partial charge < -0.3 is 9.64 Å². The molecule has 5 heteroatoms. The number of benzene rings is 2. The van der Waals surface area contributed by atoms with Crippen LogP contribution in [0.1, 0.15) is 18.4 Å². The first-order chi connectivity index (χ1) is 13.3. The van der Waals surface area contributed by atoms with Crippen molar-refractivity contribution in [2.45, 2.75) is 18.9 Å². The Kier molecular flexibility index (Phi) is 5.10. The lowest BCUT2D eigenvalue weighted by atomic mass is 10.1. The number of ether oxygens (including phenoxy) is 1. The second-order valence-electron chi connectivity index (χ2n) is 6.58. The van der Waals surface area contributed by atoms with Crippen molar-refractivity contribution in [2.24, 2.45) is 0 Å². The third-order valence-corrected chi connectivity index (χ3v) is 4.69. The molecule has 0 atom stereocenters. The summed E-state index contributed by atoms with van der Waals surface area (Å²) in [5.41, 5.74) is 2.71. The normalized spacial score (nSPS) is 15.3. The van der Waals surface area contributed by atoms with Crippen LogP contribution in [0.5, 0.6) is 5.88 Å². The van der Waals surface area contributed by atoms with Crippen LogP contribution < -0.4 is 4.74 Å². The Bertz CT molecular complexity index is 948. The Balaban J connectivity index is 1.31. The number of aromatic nitrogens is 2. The van der Waals surface area contributed by atoms with Gasteiger partial charge in [-0.2, -0.15) is 0 Å². The molecule has 0 unspecified atom stereocenters. The molecule has 0 spiro atoms. The van der Waals surface area contributed by atoms with Crippen LogP contribution in [0.15, 0.2) is 66.9 Å². The molecular weight excluding hydrogens is 338 g/mol. The van der Waals surface area contributed by atoms with Crippen LogP contribution in [0.4, 0.5) is 0 Å². The minimum absolute atomic E-state index is 0.0443. The Morgan fingerprint density at radius 2 is 1.70 bits per heavy atom. The molecule has 2 aromatic carbocycles. The fourth-order valence-electron chi connectivity index (χ4n) is 3.20. The first-order valence-electron chi connectivity index (χ1n) is 9.18. The molecule has 0 aliphatic carbocycles. The highest BCUT2D eigenvalue weighted by atomic mass is 16.5. The van der Waals surface area contributed by atoms with Gasteiger partial charge in [0.05, 0.1) is 17.2 Å². The first kappa shape index (κ1) is 17.2. The number of hydrogen-bond donors (Lipinski definition) is 0. The van der Waals surface area contributed by atoms with Crippen molar-refractivity contribution in [1.29, 1.82) is 0 Å². The van der Waals surface area contributed by atoms with Crippen LogP contribution in [0.3, 0.4) is 0 Å². The van der Waals surface area contributed by atoms with E-state index >= 15 is 0 Å². The molecule has 1 amide bonds. The number of piperidine rings is 1. The summed E-state index contributed by atoms with van der Waals surface area (Å²) in [7, 11) is 0. The van der Waals surface area contributed by atoms with Gasteiger partial charge in [0, 0.05) is 32.0 Å². The number of rotatable bonds is 4. The minimum atomic E-state index is 0.0443. The number of carbonyl (C=O) groups is 1. The first-order valence-corrected chi connectivity index (χ1v) is 9.18. The van der Waals surface area contributed by atoms with E-state index in [1.54, 1.807) is 12.3 Å². The quantitative estimate of drug-likeness (QED) is 0.667. The van der Waals surface area contributed by atoms with E-state index in [9.17, 15) is 4.79 Å². The fourth-order valence-corrected chi connectivity index (χ4v) is 3.20. The zero-order chi connectivity index (χ0) is 18.5. The summed E-state index contributed by atoms with van der Waals surface area (Å²) in [4.78, 5) is 23.1. The van der Waals surface area contributed by atoms with E-state index in [1.807, 2.05) is 65.6 Å². The van der Waals surface area contributed by atoms with Gasteiger partial charge in [0.15, 0.2) is 0 Å². The molecule has 3 aromatic rings. The van der Waals surface area contributed by atoms with Gasteiger partial charge in [0.2, 0.25) is 11.8 Å². The third-order valence-electron chi connectivity index (χ3n) is 4.69. The zero-order valence-electron chi connectivity index (χ0n) is 15.0. The van der Waals surface area contributed by atoms with Crippen molar-refractivity contribution in [3.63, 3.8) is 0 Å². The lowest BCUT2D eigenvalue weighted by Gasteiger charge is -2.31. The lowest BCUT2D eigenvalue weighted by Crippen LogP contribution is -2.41. The highest BCUT2D eigenvalue weighted by Crippen LogP contribution is 2.19. The number of carbonyl (C=O) groups excluding carboxylic acids is 1. The number of amides is 1. The predicted molar refractivity (Wildman–Crippen MR) is 105 cm³/mol. The van der Waals surface area contributed by atoms with Gasteiger partial charge in [0.25, 0.3) is 0 Å². The van der Waals surface area contributed by atoms with Crippen LogP contribution >= 0.6 is 0 Å². The topological polar surface area (TPSA) is 55.3 Å². The lowest BCUT2D eigenvalue weighted by molar-refractivity contribution is -0.127. The summed E-state index contributed by atoms with van der Waals surface area (Å²) in [6, 6.07) is 17.6. The number of nitrogens with zero attached hydrogens (tertiary/aromatic N) is 3. The molecule has 1 aliphatic heterocycles. The fraction of sp³-hybridized carbons (Fsp3) is 0.227. The second-order valence-corrected chi connectivity index (χ2v) is 6.58. The zero-order valence-corrected chi connectivity index (χ0v) is 15.0. The van der Waals surface area contributed by atoms with Crippen molar-refractivity contribution in [2.75, 3.05) is 13.1 Å². The smallest absolute Gasteiger partial charge is 0.246 e. The van der Waals surface area contributed by atoms with Gasteiger partial charge in [-0.1, -0.05) is 42.5 Å². The van der Waals surface area contributed by atoms with E-state index < -0.39 is 0 Å².